The molecule has 0 saturated heterocycles. The molecule has 8 aromatic carbocycles. The summed E-state index contributed by atoms with van der Waals surface area (Å²) in [6, 6.07) is 69.2. The van der Waals surface area contributed by atoms with Gasteiger partial charge in [-0.15, -0.1) is 0 Å². The van der Waals surface area contributed by atoms with E-state index >= 15 is 0 Å². The van der Waals surface area contributed by atoms with Gasteiger partial charge in [-0.1, -0.05) is 164 Å². The molecule has 254 valence electrons. The van der Waals surface area contributed by atoms with Gasteiger partial charge in [0.05, 0.1) is 11.2 Å². The number of para-hydroxylation sites is 1. The zero-order valence-corrected chi connectivity index (χ0v) is 29.8. The lowest BCUT2D eigenvalue weighted by Gasteiger charge is -2.16. The summed E-state index contributed by atoms with van der Waals surface area (Å²) in [6.45, 7) is 2.14. The minimum atomic E-state index is 0.898. The Hall–Kier alpha value is -7.03. The molecular weight excluding hydrogens is 655 g/mol. The summed E-state index contributed by atoms with van der Waals surface area (Å²) in [5.41, 5.74) is 15.5. The van der Waals surface area contributed by atoms with Gasteiger partial charge in [-0.3, -0.25) is 0 Å². The van der Waals surface area contributed by atoms with E-state index in [9.17, 15) is 0 Å². The van der Waals surface area contributed by atoms with Gasteiger partial charge in [-0.05, 0) is 92.5 Å². The third kappa shape index (κ3) is 5.57. The molecule has 2 aromatic heterocycles. The Balaban J connectivity index is 1.10. The maximum absolute atomic E-state index is 6.50. The van der Waals surface area contributed by atoms with Crippen LogP contribution in [0.5, 0.6) is 0 Å². The first-order chi connectivity index (χ1) is 26.7. The van der Waals surface area contributed by atoms with Crippen LogP contribution in [0, 0.1) is 6.92 Å². The van der Waals surface area contributed by atoms with Gasteiger partial charge in [0, 0.05) is 27.5 Å². The SMILES string of the molecule is Cc1c(-c2ccccc2)oc2cc(-c3cccc(-c4c(-c5cccc(-c6cc(-c7ccccc7)c7ccccc7n6)c5)ccc5ccccc45)c3)ccc12. The third-order valence-electron chi connectivity index (χ3n) is 10.7. The molecule has 2 heteroatoms. The summed E-state index contributed by atoms with van der Waals surface area (Å²) < 4.78 is 6.50. The average Bonchev–Trinajstić information content (AvgIpc) is 3.58. The molecule has 0 aliphatic carbocycles. The molecule has 0 fully saturated rings. The van der Waals surface area contributed by atoms with E-state index in [0.717, 1.165) is 66.7 Å². The normalized spacial score (nSPS) is 11.4. The first kappa shape index (κ1) is 31.7. The number of nitrogens with zero attached hydrogens (tertiary/aromatic N) is 1. The van der Waals surface area contributed by atoms with Crippen LogP contribution >= 0.6 is 0 Å². The number of aryl methyl sites for hydroxylation is 1. The molecule has 0 N–H and O–H groups in total. The molecule has 0 amide bonds. The lowest BCUT2D eigenvalue weighted by molar-refractivity contribution is 0.629. The minimum Gasteiger partial charge on any atom is -0.456 e. The molecule has 2 heterocycles. The van der Waals surface area contributed by atoms with Crippen LogP contribution in [0.1, 0.15) is 5.56 Å². The number of rotatable bonds is 6. The van der Waals surface area contributed by atoms with Crippen LogP contribution in [-0.2, 0) is 0 Å². The number of furan rings is 1. The smallest absolute Gasteiger partial charge is 0.138 e. The van der Waals surface area contributed by atoms with Gasteiger partial charge in [0.15, 0.2) is 0 Å². The summed E-state index contributed by atoms with van der Waals surface area (Å²) >= 11 is 0. The Morgan fingerprint density at radius 2 is 1.02 bits per heavy atom. The summed E-state index contributed by atoms with van der Waals surface area (Å²) in [7, 11) is 0. The van der Waals surface area contributed by atoms with Crippen molar-refractivity contribution in [2.75, 3.05) is 0 Å². The molecular formula is C52H35NO. The minimum absolute atomic E-state index is 0.898. The summed E-state index contributed by atoms with van der Waals surface area (Å²) in [6.07, 6.45) is 0. The van der Waals surface area contributed by atoms with E-state index in [-0.39, 0.29) is 0 Å². The molecule has 54 heavy (non-hydrogen) atoms. The molecule has 0 atom stereocenters. The van der Waals surface area contributed by atoms with Crippen LogP contribution in [0.15, 0.2) is 199 Å². The Bertz CT molecular complexity index is 2990. The van der Waals surface area contributed by atoms with Crippen molar-refractivity contribution in [2.24, 2.45) is 0 Å². The highest BCUT2D eigenvalue weighted by Crippen LogP contribution is 2.42. The quantitative estimate of drug-likeness (QED) is 0.174. The van der Waals surface area contributed by atoms with Crippen LogP contribution < -0.4 is 0 Å². The maximum Gasteiger partial charge on any atom is 0.138 e. The zero-order chi connectivity index (χ0) is 36.0. The Morgan fingerprint density at radius 3 is 1.85 bits per heavy atom. The highest BCUT2D eigenvalue weighted by Gasteiger charge is 2.17. The zero-order valence-electron chi connectivity index (χ0n) is 29.8. The van der Waals surface area contributed by atoms with Gasteiger partial charge >= 0.3 is 0 Å². The van der Waals surface area contributed by atoms with Gasteiger partial charge in [0.1, 0.15) is 11.3 Å². The van der Waals surface area contributed by atoms with Gasteiger partial charge in [-0.2, -0.15) is 0 Å². The molecule has 0 unspecified atom stereocenters. The monoisotopic (exact) mass is 689 g/mol. The molecule has 2 nitrogen and oxygen atoms in total. The largest absolute Gasteiger partial charge is 0.456 e. The molecule has 0 aliphatic rings. The van der Waals surface area contributed by atoms with Crippen LogP contribution in [0.2, 0.25) is 0 Å². The van der Waals surface area contributed by atoms with Gasteiger partial charge < -0.3 is 4.42 Å². The fourth-order valence-corrected chi connectivity index (χ4v) is 7.97. The molecule has 10 rings (SSSR count). The first-order valence-corrected chi connectivity index (χ1v) is 18.5. The van der Waals surface area contributed by atoms with Crippen molar-refractivity contribution in [1.29, 1.82) is 0 Å². The van der Waals surface area contributed by atoms with Crippen LogP contribution in [0.25, 0.3) is 99.7 Å². The fourth-order valence-electron chi connectivity index (χ4n) is 7.97. The first-order valence-electron chi connectivity index (χ1n) is 18.5. The van der Waals surface area contributed by atoms with E-state index in [1.807, 2.05) is 6.07 Å². The lowest BCUT2D eigenvalue weighted by Crippen LogP contribution is -1.92. The lowest BCUT2D eigenvalue weighted by atomic mass is 9.88. The topological polar surface area (TPSA) is 26.0 Å². The van der Waals surface area contributed by atoms with E-state index in [4.69, 9.17) is 9.40 Å². The Kier molecular flexibility index (Phi) is 7.74. The average molecular weight is 690 g/mol. The predicted octanol–water partition coefficient (Wildman–Crippen LogP) is 14.4. The van der Waals surface area contributed by atoms with Crippen LogP contribution in [0.3, 0.4) is 0 Å². The number of hydrogen-bond acceptors (Lipinski definition) is 2. The van der Waals surface area contributed by atoms with Crippen molar-refractivity contribution in [3.63, 3.8) is 0 Å². The molecule has 10 aromatic rings. The van der Waals surface area contributed by atoms with Gasteiger partial charge in [0.25, 0.3) is 0 Å². The van der Waals surface area contributed by atoms with Crippen LogP contribution in [0.4, 0.5) is 0 Å². The van der Waals surface area contributed by atoms with Crippen LogP contribution in [-0.4, -0.2) is 4.98 Å². The second-order valence-corrected chi connectivity index (χ2v) is 13.9. The number of benzene rings is 8. The van der Waals surface area contributed by atoms with E-state index in [1.165, 1.54) is 38.6 Å². The van der Waals surface area contributed by atoms with E-state index < -0.39 is 0 Å². The number of pyridine rings is 1. The van der Waals surface area contributed by atoms with Crippen molar-refractivity contribution in [3.05, 3.63) is 200 Å². The second-order valence-electron chi connectivity index (χ2n) is 13.9. The van der Waals surface area contributed by atoms with Crippen molar-refractivity contribution < 1.29 is 4.42 Å². The number of fused-ring (bicyclic) bond motifs is 3. The highest BCUT2D eigenvalue weighted by atomic mass is 16.3. The summed E-state index contributed by atoms with van der Waals surface area (Å²) in [5, 5.41) is 4.72. The molecule has 0 radical (unpaired) electrons. The van der Waals surface area contributed by atoms with Crippen molar-refractivity contribution in [1.82, 2.24) is 4.98 Å². The van der Waals surface area contributed by atoms with Gasteiger partial charge in [-0.25, -0.2) is 4.98 Å². The molecule has 0 bridgehead atoms. The third-order valence-corrected chi connectivity index (χ3v) is 10.7. The van der Waals surface area contributed by atoms with Crippen molar-refractivity contribution in [2.45, 2.75) is 6.92 Å². The molecule has 0 spiro atoms. The Morgan fingerprint density at radius 1 is 0.389 bits per heavy atom. The van der Waals surface area contributed by atoms with E-state index in [1.54, 1.807) is 0 Å². The standard InChI is InChI=1S/C52H35NO/c1-34-43-28-27-39(32-50(43)54-52(34)37-17-6-3-7-18-37)38-19-12-22-42(30-38)51-44-23-9-8-16-36(44)26-29-45(51)40-20-13-21-41(31-40)49-33-47(35-14-4-2-5-15-35)46-24-10-11-25-48(46)53-49/h2-33H,1H3. The highest BCUT2D eigenvalue weighted by molar-refractivity contribution is 6.05. The predicted molar refractivity (Wildman–Crippen MR) is 226 cm³/mol. The van der Waals surface area contributed by atoms with Crippen molar-refractivity contribution >= 4 is 32.6 Å². The summed E-state index contributed by atoms with van der Waals surface area (Å²) in [4.78, 5) is 5.18. The number of aromatic nitrogens is 1. The second kappa shape index (κ2) is 13.2. The Labute approximate surface area is 314 Å². The molecule has 0 saturated carbocycles. The van der Waals surface area contributed by atoms with Gasteiger partial charge in [0.2, 0.25) is 0 Å². The molecule has 0 aliphatic heterocycles. The van der Waals surface area contributed by atoms with E-state index in [2.05, 4.69) is 195 Å². The van der Waals surface area contributed by atoms with E-state index in [0.29, 0.717) is 0 Å². The number of hydrogen-bond donors (Lipinski definition) is 0. The fraction of sp³-hybridized carbons (Fsp3) is 0.0192. The van der Waals surface area contributed by atoms with Crippen molar-refractivity contribution in [3.8, 4) is 67.1 Å². The summed E-state index contributed by atoms with van der Waals surface area (Å²) in [5.74, 6) is 0.925. The maximum atomic E-state index is 6.50.